The van der Waals surface area contributed by atoms with Crippen molar-refractivity contribution in [1.29, 1.82) is 0 Å². The van der Waals surface area contributed by atoms with E-state index in [9.17, 15) is 19.2 Å². The predicted molar refractivity (Wildman–Crippen MR) is 89.9 cm³/mol. The molecule has 0 saturated carbocycles. The van der Waals surface area contributed by atoms with Gasteiger partial charge < -0.3 is 9.80 Å². The van der Waals surface area contributed by atoms with Gasteiger partial charge in [-0.2, -0.15) is 0 Å². The van der Waals surface area contributed by atoms with Gasteiger partial charge in [0.1, 0.15) is 6.04 Å². The first-order chi connectivity index (χ1) is 12.0. The van der Waals surface area contributed by atoms with Crippen LogP contribution in [0.4, 0.5) is 0 Å². The van der Waals surface area contributed by atoms with Crippen molar-refractivity contribution in [3.05, 3.63) is 35.4 Å². The van der Waals surface area contributed by atoms with Gasteiger partial charge in [-0.3, -0.25) is 24.1 Å². The van der Waals surface area contributed by atoms with E-state index in [1.807, 2.05) is 6.92 Å². The molecule has 1 fully saturated rings. The summed E-state index contributed by atoms with van der Waals surface area (Å²) in [5.41, 5.74) is 0.677. The van der Waals surface area contributed by atoms with Crippen molar-refractivity contribution in [1.82, 2.24) is 14.7 Å². The Balaban J connectivity index is 1.69. The van der Waals surface area contributed by atoms with Crippen LogP contribution in [-0.2, 0) is 9.59 Å². The standard InChI is InChI=1S/C18H21N3O4/c1-3-15(22)19-8-10-20(11-9-19)16(23)12(2)21-17(24)13-6-4-5-7-14(13)18(21)25/h4-7,12H,3,8-11H2,1-2H3. The van der Waals surface area contributed by atoms with Crippen LogP contribution in [0.25, 0.3) is 0 Å². The summed E-state index contributed by atoms with van der Waals surface area (Å²) in [6.07, 6.45) is 0.444. The van der Waals surface area contributed by atoms with Crippen LogP contribution in [0, 0.1) is 0 Å². The Morgan fingerprint density at radius 2 is 1.44 bits per heavy atom. The number of carbonyl (C=O) groups excluding carboxylic acids is 4. The lowest BCUT2D eigenvalue weighted by molar-refractivity contribution is -0.141. The molecule has 0 aliphatic carbocycles. The fraction of sp³-hybridized carbons (Fsp3) is 0.444. The maximum Gasteiger partial charge on any atom is 0.262 e. The van der Waals surface area contributed by atoms with Crippen LogP contribution in [-0.4, -0.2) is 70.5 Å². The van der Waals surface area contributed by atoms with Crippen molar-refractivity contribution < 1.29 is 19.2 Å². The quantitative estimate of drug-likeness (QED) is 0.759. The molecule has 1 saturated heterocycles. The van der Waals surface area contributed by atoms with Crippen molar-refractivity contribution in [2.24, 2.45) is 0 Å². The Kier molecular flexibility index (Phi) is 4.57. The molecule has 1 unspecified atom stereocenters. The maximum atomic E-state index is 12.7. The number of piperazine rings is 1. The zero-order valence-corrected chi connectivity index (χ0v) is 14.4. The van der Waals surface area contributed by atoms with Gasteiger partial charge >= 0.3 is 0 Å². The lowest BCUT2D eigenvalue weighted by Crippen LogP contribution is -2.55. The average Bonchev–Trinajstić information content (AvgIpc) is 2.91. The third-order valence-electron chi connectivity index (χ3n) is 4.82. The summed E-state index contributed by atoms with van der Waals surface area (Å²) in [4.78, 5) is 53.9. The molecule has 132 valence electrons. The van der Waals surface area contributed by atoms with Crippen LogP contribution in [0.3, 0.4) is 0 Å². The Labute approximate surface area is 146 Å². The highest BCUT2D eigenvalue weighted by Crippen LogP contribution is 2.25. The maximum absolute atomic E-state index is 12.7. The zero-order chi connectivity index (χ0) is 18.1. The number of carbonyl (C=O) groups is 4. The third kappa shape index (κ3) is 2.90. The molecule has 2 aliphatic rings. The van der Waals surface area contributed by atoms with Gasteiger partial charge in [0.25, 0.3) is 11.8 Å². The van der Waals surface area contributed by atoms with Crippen LogP contribution >= 0.6 is 0 Å². The molecular weight excluding hydrogens is 322 g/mol. The van der Waals surface area contributed by atoms with Crippen molar-refractivity contribution >= 4 is 23.6 Å². The summed E-state index contributed by atoms with van der Waals surface area (Å²) < 4.78 is 0. The number of imide groups is 1. The van der Waals surface area contributed by atoms with Gasteiger partial charge in [0.15, 0.2) is 0 Å². The molecule has 0 bridgehead atoms. The van der Waals surface area contributed by atoms with Gasteiger partial charge in [-0.1, -0.05) is 19.1 Å². The van der Waals surface area contributed by atoms with Crippen LogP contribution in [0.1, 0.15) is 41.0 Å². The van der Waals surface area contributed by atoms with Gasteiger partial charge in [0.2, 0.25) is 11.8 Å². The van der Waals surface area contributed by atoms with Gasteiger partial charge in [0, 0.05) is 32.6 Å². The van der Waals surface area contributed by atoms with Crippen LogP contribution in [0.5, 0.6) is 0 Å². The highest BCUT2D eigenvalue weighted by atomic mass is 16.2. The Morgan fingerprint density at radius 3 is 1.92 bits per heavy atom. The highest BCUT2D eigenvalue weighted by Gasteiger charge is 2.42. The van der Waals surface area contributed by atoms with E-state index in [2.05, 4.69) is 0 Å². The molecule has 7 nitrogen and oxygen atoms in total. The van der Waals surface area contributed by atoms with Crippen LogP contribution in [0.15, 0.2) is 24.3 Å². The predicted octanol–water partition coefficient (Wildman–Crippen LogP) is 0.752. The second-order valence-corrected chi connectivity index (χ2v) is 6.26. The number of fused-ring (bicyclic) bond motifs is 1. The largest absolute Gasteiger partial charge is 0.339 e. The molecule has 25 heavy (non-hydrogen) atoms. The molecule has 4 amide bonds. The summed E-state index contributed by atoms with van der Waals surface area (Å²) in [7, 11) is 0. The normalized spacial score (nSPS) is 18.4. The monoisotopic (exact) mass is 343 g/mol. The first-order valence-electron chi connectivity index (χ1n) is 8.49. The van der Waals surface area contributed by atoms with Gasteiger partial charge in [-0.05, 0) is 19.1 Å². The van der Waals surface area contributed by atoms with Gasteiger partial charge in [0.05, 0.1) is 11.1 Å². The number of benzene rings is 1. The zero-order valence-electron chi connectivity index (χ0n) is 14.4. The minimum atomic E-state index is -0.860. The van der Waals surface area contributed by atoms with Crippen LogP contribution < -0.4 is 0 Å². The molecule has 0 N–H and O–H groups in total. The summed E-state index contributed by atoms with van der Waals surface area (Å²) in [6.45, 7) is 5.18. The van der Waals surface area contributed by atoms with Crippen molar-refractivity contribution in [2.45, 2.75) is 26.3 Å². The number of hydrogen-bond donors (Lipinski definition) is 0. The van der Waals surface area contributed by atoms with E-state index in [4.69, 9.17) is 0 Å². The van der Waals surface area contributed by atoms with E-state index in [1.165, 1.54) is 0 Å². The second-order valence-electron chi connectivity index (χ2n) is 6.26. The van der Waals surface area contributed by atoms with Gasteiger partial charge in [-0.25, -0.2) is 0 Å². The minimum absolute atomic E-state index is 0.0699. The molecule has 2 heterocycles. The van der Waals surface area contributed by atoms with E-state index in [0.29, 0.717) is 43.7 Å². The van der Waals surface area contributed by atoms with E-state index in [-0.39, 0.29) is 11.8 Å². The molecule has 2 aliphatic heterocycles. The lowest BCUT2D eigenvalue weighted by Gasteiger charge is -2.37. The van der Waals surface area contributed by atoms with Gasteiger partial charge in [-0.15, -0.1) is 0 Å². The Bertz CT molecular complexity index is 703. The third-order valence-corrected chi connectivity index (χ3v) is 4.82. The van der Waals surface area contributed by atoms with Crippen LogP contribution in [0.2, 0.25) is 0 Å². The van der Waals surface area contributed by atoms with Crippen molar-refractivity contribution in [2.75, 3.05) is 26.2 Å². The van der Waals surface area contributed by atoms with E-state index < -0.39 is 17.9 Å². The Morgan fingerprint density at radius 1 is 0.960 bits per heavy atom. The fourth-order valence-corrected chi connectivity index (χ4v) is 3.33. The lowest BCUT2D eigenvalue weighted by atomic mass is 10.1. The molecule has 0 aromatic heterocycles. The molecular formula is C18H21N3O4. The minimum Gasteiger partial charge on any atom is -0.339 e. The fourth-order valence-electron chi connectivity index (χ4n) is 3.33. The number of hydrogen-bond acceptors (Lipinski definition) is 4. The first-order valence-corrected chi connectivity index (χ1v) is 8.49. The number of amides is 4. The molecule has 0 radical (unpaired) electrons. The van der Waals surface area contributed by atoms with E-state index >= 15 is 0 Å². The van der Waals surface area contributed by atoms with E-state index in [0.717, 1.165) is 4.90 Å². The summed E-state index contributed by atoms with van der Waals surface area (Å²) in [5, 5.41) is 0. The molecule has 3 rings (SSSR count). The Hall–Kier alpha value is -2.70. The SMILES string of the molecule is CCC(=O)N1CCN(C(=O)C(C)N2C(=O)c3ccccc3C2=O)CC1. The summed E-state index contributed by atoms with van der Waals surface area (Å²) in [6, 6.07) is 5.73. The number of nitrogens with zero attached hydrogens (tertiary/aromatic N) is 3. The van der Waals surface area contributed by atoms with E-state index in [1.54, 1.807) is 41.0 Å². The molecule has 1 aromatic rings. The second kappa shape index (κ2) is 6.66. The molecule has 7 heteroatoms. The average molecular weight is 343 g/mol. The van der Waals surface area contributed by atoms with Crippen molar-refractivity contribution in [3.8, 4) is 0 Å². The topological polar surface area (TPSA) is 78.0 Å². The summed E-state index contributed by atoms with van der Waals surface area (Å²) in [5.74, 6) is -1.05. The molecule has 1 aromatic carbocycles. The smallest absolute Gasteiger partial charge is 0.262 e. The molecule has 1 atom stereocenters. The molecule has 0 spiro atoms. The van der Waals surface area contributed by atoms with Crippen molar-refractivity contribution in [3.63, 3.8) is 0 Å². The first kappa shape index (κ1) is 17.1. The highest BCUT2D eigenvalue weighted by molar-refractivity contribution is 6.22. The summed E-state index contributed by atoms with van der Waals surface area (Å²) >= 11 is 0. The number of rotatable bonds is 3.